The Morgan fingerprint density at radius 2 is 1.96 bits per heavy atom. The molecule has 2 saturated heterocycles. The summed E-state index contributed by atoms with van der Waals surface area (Å²) in [5, 5.41) is 6.35. The van der Waals surface area contributed by atoms with Crippen molar-refractivity contribution in [1.82, 2.24) is 20.4 Å². The van der Waals surface area contributed by atoms with E-state index >= 15 is 0 Å². The maximum atomic E-state index is 12.3. The Kier molecular flexibility index (Phi) is 9.52. The number of amides is 2. The molecular formula is C16H31ClN4O2. The number of piperazine rings is 1. The zero-order valence-electron chi connectivity index (χ0n) is 14.2. The van der Waals surface area contributed by atoms with Gasteiger partial charge in [0.25, 0.3) is 0 Å². The molecule has 7 heteroatoms. The summed E-state index contributed by atoms with van der Waals surface area (Å²) in [6, 6.07) is -0.238. The molecule has 2 aliphatic rings. The first-order chi connectivity index (χ1) is 10.7. The highest BCUT2D eigenvalue weighted by Gasteiger charge is 2.33. The molecule has 0 aromatic heterocycles. The summed E-state index contributed by atoms with van der Waals surface area (Å²) in [5.41, 5.74) is 0. The predicted molar refractivity (Wildman–Crippen MR) is 93.8 cm³/mol. The second-order valence-electron chi connectivity index (χ2n) is 6.23. The quantitative estimate of drug-likeness (QED) is 0.663. The molecule has 1 atom stereocenters. The van der Waals surface area contributed by atoms with E-state index in [2.05, 4.69) is 15.5 Å². The van der Waals surface area contributed by atoms with Crippen LogP contribution in [-0.2, 0) is 9.59 Å². The smallest absolute Gasteiger partial charge is 0.242 e. The van der Waals surface area contributed by atoms with E-state index in [4.69, 9.17) is 0 Å². The molecule has 2 aliphatic heterocycles. The van der Waals surface area contributed by atoms with Gasteiger partial charge in [-0.15, -0.1) is 12.4 Å². The minimum atomic E-state index is -0.238. The van der Waals surface area contributed by atoms with Crippen LogP contribution in [0.25, 0.3) is 0 Å². The third-order valence-corrected chi connectivity index (χ3v) is 4.50. The number of halogens is 1. The minimum absolute atomic E-state index is 0. The molecular weight excluding hydrogens is 316 g/mol. The van der Waals surface area contributed by atoms with Gasteiger partial charge in [-0.25, -0.2) is 0 Å². The zero-order chi connectivity index (χ0) is 15.8. The van der Waals surface area contributed by atoms with Crippen molar-refractivity contribution in [3.63, 3.8) is 0 Å². The topological polar surface area (TPSA) is 64.7 Å². The molecule has 23 heavy (non-hydrogen) atoms. The van der Waals surface area contributed by atoms with Crippen molar-refractivity contribution in [3.8, 4) is 0 Å². The Morgan fingerprint density at radius 1 is 1.22 bits per heavy atom. The molecule has 2 heterocycles. The molecule has 6 nitrogen and oxygen atoms in total. The molecule has 0 aromatic rings. The van der Waals surface area contributed by atoms with E-state index < -0.39 is 0 Å². The van der Waals surface area contributed by atoms with Gasteiger partial charge in [-0.05, 0) is 32.2 Å². The standard InChI is InChI=1S/C16H30N4O2.ClH/c1-2-5-15(21)20-11-3-6-14(20)16(22)18-7-4-10-19-12-8-17-9-13-19;/h14,17H,2-13H2,1H3,(H,18,22);1H. The van der Waals surface area contributed by atoms with E-state index in [1.807, 2.05) is 6.92 Å². The average Bonchev–Trinajstić information content (AvgIpc) is 3.02. The molecule has 2 rings (SSSR count). The van der Waals surface area contributed by atoms with Crippen LogP contribution in [0.3, 0.4) is 0 Å². The van der Waals surface area contributed by atoms with Gasteiger partial charge in [-0.3, -0.25) is 9.59 Å². The van der Waals surface area contributed by atoms with Gasteiger partial charge in [-0.2, -0.15) is 0 Å². The maximum Gasteiger partial charge on any atom is 0.242 e. The normalized spacial score (nSPS) is 21.8. The molecule has 2 amide bonds. The van der Waals surface area contributed by atoms with Crippen molar-refractivity contribution in [2.24, 2.45) is 0 Å². The monoisotopic (exact) mass is 346 g/mol. The average molecular weight is 347 g/mol. The largest absolute Gasteiger partial charge is 0.354 e. The van der Waals surface area contributed by atoms with Crippen LogP contribution in [-0.4, -0.2) is 73.5 Å². The highest BCUT2D eigenvalue weighted by atomic mass is 35.5. The van der Waals surface area contributed by atoms with Crippen LogP contribution in [0.1, 0.15) is 39.0 Å². The van der Waals surface area contributed by atoms with Crippen LogP contribution < -0.4 is 10.6 Å². The summed E-state index contributed by atoms with van der Waals surface area (Å²) in [4.78, 5) is 28.5. The molecule has 0 saturated carbocycles. The van der Waals surface area contributed by atoms with Crippen LogP contribution in [0.15, 0.2) is 0 Å². The molecule has 0 aromatic carbocycles. The number of nitrogens with one attached hydrogen (secondary N) is 2. The van der Waals surface area contributed by atoms with E-state index in [0.717, 1.165) is 65.0 Å². The van der Waals surface area contributed by atoms with Crippen LogP contribution in [0.2, 0.25) is 0 Å². The number of hydrogen-bond acceptors (Lipinski definition) is 4. The Morgan fingerprint density at radius 3 is 2.65 bits per heavy atom. The van der Waals surface area contributed by atoms with Crippen molar-refractivity contribution in [2.75, 3.05) is 45.8 Å². The molecule has 2 fully saturated rings. The Hall–Kier alpha value is -0.850. The molecule has 134 valence electrons. The van der Waals surface area contributed by atoms with Gasteiger partial charge in [0.2, 0.25) is 11.8 Å². The lowest BCUT2D eigenvalue weighted by molar-refractivity contribution is -0.138. The van der Waals surface area contributed by atoms with E-state index in [1.54, 1.807) is 4.90 Å². The first-order valence-corrected chi connectivity index (χ1v) is 8.72. The number of carbonyl (C=O) groups is 2. The van der Waals surface area contributed by atoms with Gasteiger partial charge >= 0.3 is 0 Å². The lowest BCUT2D eigenvalue weighted by Gasteiger charge is -2.27. The predicted octanol–water partition coefficient (Wildman–Crippen LogP) is 0.611. The lowest BCUT2D eigenvalue weighted by Crippen LogP contribution is -2.47. The van der Waals surface area contributed by atoms with Crippen LogP contribution in [0.4, 0.5) is 0 Å². The van der Waals surface area contributed by atoms with Gasteiger partial charge < -0.3 is 20.4 Å². The molecule has 0 radical (unpaired) electrons. The number of rotatable bonds is 7. The summed E-state index contributed by atoms with van der Waals surface area (Å²) in [6.07, 6.45) is 4.11. The van der Waals surface area contributed by atoms with Crippen molar-refractivity contribution in [2.45, 2.75) is 45.1 Å². The van der Waals surface area contributed by atoms with Gasteiger partial charge in [0.15, 0.2) is 0 Å². The Bertz CT molecular complexity index is 375. The lowest BCUT2D eigenvalue weighted by atomic mass is 10.2. The Labute approximate surface area is 145 Å². The number of nitrogens with zero attached hydrogens (tertiary/aromatic N) is 2. The third kappa shape index (κ3) is 6.28. The molecule has 0 spiro atoms. The van der Waals surface area contributed by atoms with Crippen molar-refractivity contribution >= 4 is 24.2 Å². The van der Waals surface area contributed by atoms with Crippen molar-refractivity contribution in [1.29, 1.82) is 0 Å². The number of hydrogen-bond donors (Lipinski definition) is 2. The Balaban J connectivity index is 0.00000264. The number of carbonyl (C=O) groups excluding carboxylic acids is 2. The second-order valence-corrected chi connectivity index (χ2v) is 6.23. The first-order valence-electron chi connectivity index (χ1n) is 8.72. The summed E-state index contributed by atoms with van der Waals surface area (Å²) >= 11 is 0. The van der Waals surface area contributed by atoms with Gasteiger partial charge in [0.05, 0.1) is 0 Å². The van der Waals surface area contributed by atoms with E-state index in [-0.39, 0.29) is 30.3 Å². The fraction of sp³-hybridized carbons (Fsp3) is 0.875. The maximum absolute atomic E-state index is 12.3. The zero-order valence-corrected chi connectivity index (χ0v) is 15.0. The molecule has 1 unspecified atom stereocenters. The highest BCUT2D eigenvalue weighted by molar-refractivity contribution is 5.88. The SMILES string of the molecule is CCCC(=O)N1CCCC1C(=O)NCCCN1CCNCC1.Cl. The van der Waals surface area contributed by atoms with E-state index in [9.17, 15) is 9.59 Å². The van der Waals surface area contributed by atoms with Gasteiger partial charge in [0, 0.05) is 45.7 Å². The van der Waals surface area contributed by atoms with Gasteiger partial charge in [-0.1, -0.05) is 6.92 Å². The summed E-state index contributed by atoms with van der Waals surface area (Å²) in [6.45, 7) is 8.77. The summed E-state index contributed by atoms with van der Waals surface area (Å²) < 4.78 is 0. The molecule has 0 bridgehead atoms. The fourth-order valence-electron chi connectivity index (χ4n) is 3.26. The van der Waals surface area contributed by atoms with E-state index in [0.29, 0.717) is 13.0 Å². The van der Waals surface area contributed by atoms with E-state index in [1.165, 1.54) is 0 Å². The fourth-order valence-corrected chi connectivity index (χ4v) is 3.26. The molecule has 2 N–H and O–H groups in total. The second kappa shape index (κ2) is 10.8. The first kappa shape index (κ1) is 20.2. The van der Waals surface area contributed by atoms with Crippen LogP contribution in [0.5, 0.6) is 0 Å². The third-order valence-electron chi connectivity index (χ3n) is 4.50. The van der Waals surface area contributed by atoms with Crippen molar-refractivity contribution in [3.05, 3.63) is 0 Å². The van der Waals surface area contributed by atoms with Crippen LogP contribution in [0, 0.1) is 0 Å². The number of likely N-dealkylation sites (tertiary alicyclic amines) is 1. The van der Waals surface area contributed by atoms with Gasteiger partial charge in [0.1, 0.15) is 6.04 Å². The summed E-state index contributed by atoms with van der Waals surface area (Å²) in [5.74, 6) is 0.156. The summed E-state index contributed by atoms with van der Waals surface area (Å²) in [7, 11) is 0. The minimum Gasteiger partial charge on any atom is -0.354 e. The van der Waals surface area contributed by atoms with Crippen LogP contribution >= 0.6 is 12.4 Å². The highest BCUT2D eigenvalue weighted by Crippen LogP contribution is 2.18. The van der Waals surface area contributed by atoms with Crippen molar-refractivity contribution < 1.29 is 9.59 Å². The molecule has 0 aliphatic carbocycles.